The summed E-state index contributed by atoms with van der Waals surface area (Å²) in [7, 11) is 0. The summed E-state index contributed by atoms with van der Waals surface area (Å²) >= 11 is 0. The zero-order valence-electron chi connectivity index (χ0n) is 17.8. The maximum atomic E-state index is 12.7. The number of hydrogen-bond acceptors (Lipinski definition) is 7. The Morgan fingerprint density at radius 2 is 1.32 bits per heavy atom. The van der Waals surface area contributed by atoms with Crippen molar-refractivity contribution in [2.75, 3.05) is 0 Å². The van der Waals surface area contributed by atoms with E-state index in [-0.39, 0.29) is 23.8 Å². The number of carbonyl (C=O) groups excluding carboxylic acids is 3. The largest absolute Gasteiger partial charge is 0.368 e. The van der Waals surface area contributed by atoms with E-state index >= 15 is 0 Å². The Morgan fingerprint density at radius 3 is 1.71 bits per heavy atom. The minimum atomic E-state index is -1.08. The van der Waals surface area contributed by atoms with E-state index in [1.54, 1.807) is 0 Å². The monoisotopic (exact) mass is 437 g/mol. The van der Waals surface area contributed by atoms with E-state index in [0.717, 1.165) is 18.2 Å². The maximum Gasteiger partial charge on any atom is 0.277 e. The first kappa shape index (κ1) is 25.5. The van der Waals surface area contributed by atoms with Crippen molar-refractivity contribution in [1.82, 2.24) is 10.6 Å². The number of rotatable bonds is 11. The summed E-state index contributed by atoms with van der Waals surface area (Å²) in [4.78, 5) is 57.4. The Hall–Kier alpha value is -3.57. The molecule has 0 saturated heterocycles. The third-order valence-electron chi connectivity index (χ3n) is 4.28. The number of non-ortho nitro benzene ring substituents is 2. The minimum Gasteiger partial charge on any atom is -0.368 e. The van der Waals surface area contributed by atoms with E-state index in [0.29, 0.717) is 6.42 Å². The number of nitrogens with one attached hydrogen (secondary N) is 2. The summed E-state index contributed by atoms with van der Waals surface area (Å²) in [5.74, 6) is -2.22. The molecule has 0 saturated carbocycles. The van der Waals surface area contributed by atoms with Gasteiger partial charge in [0, 0.05) is 12.1 Å². The Morgan fingerprint density at radius 1 is 0.871 bits per heavy atom. The molecule has 0 aliphatic carbocycles. The van der Waals surface area contributed by atoms with E-state index in [4.69, 9.17) is 5.73 Å². The van der Waals surface area contributed by atoms with Crippen LogP contribution in [0.15, 0.2) is 18.2 Å². The number of benzene rings is 1. The Kier molecular flexibility index (Phi) is 9.03. The highest BCUT2D eigenvalue weighted by Crippen LogP contribution is 2.23. The molecule has 170 valence electrons. The number of primary amides is 1. The average Bonchev–Trinajstić information content (AvgIpc) is 2.65. The van der Waals surface area contributed by atoms with Gasteiger partial charge in [-0.15, -0.1) is 0 Å². The van der Waals surface area contributed by atoms with E-state index in [2.05, 4.69) is 10.6 Å². The second-order valence-corrected chi connectivity index (χ2v) is 8.00. The molecule has 12 nitrogen and oxygen atoms in total. The molecule has 4 N–H and O–H groups in total. The zero-order valence-corrected chi connectivity index (χ0v) is 17.8. The number of hydrogen-bond donors (Lipinski definition) is 3. The fourth-order valence-electron chi connectivity index (χ4n) is 2.87. The third kappa shape index (κ3) is 7.99. The van der Waals surface area contributed by atoms with Gasteiger partial charge in [0.2, 0.25) is 11.8 Å². The molecule has 1 rings (SSSR count). The highest BCUT2D eigenvalue weighted by Gasteiger charge is 2.28. The first-order chi connectivity index (χ1) is 14.3. The molecule has 0 aliphatic heterocycles. The Labute approximate surface area is 178 Å². The first-order valence-electron chi connectivity index (χ1n) is 9.66. The van der Waals surface area contributed by atoms with E-state index in [9.17, 15) is 34.6 Å². The van der Waals surface area contributed by atoms with Gasteiger partial charge in [0.15, 0.2) is 0 Å². The number of amides is 3. The quantitative estimate of drug-likeness (QED) is 0.346. The van der Waals surface area contributed by atoms with Crippen LogP contribution >= 0.6 is 0 Å². The molecule has 0 aromatic heterocycles. The summed E-state index contributed by atoms with van der Waals surface area (Å²) in [6.07, 6.45) is 0.502. The molecular weight excluding hydrogens is 410 g/mol. The van der Waals surface area contributed by atoms with Crippen LogP contribution in [-0.2, 0) is 9.59 Å². The van der Waals surface area contributed by atoms with Gasteiger partial charge in [0.1, 0.15) is 12.1 Å². The first-order valence-corrected chi connectivity index (χ1v) is 9.66. The summed E-state index contributed by atoms with van der Waals surface area (Å²) in [5.41, 5.74) is 3.75. The molecule has 0 aliphatic rings. The molecule has 0 radical (unpaired) electrons. The predicted octanol–water partition coefficient (Wildman–Crippen LogP) is 1.66. The van der Waals surface area contributed by atoms with Crippen LogP contribution in [0.25, 0.3) is 0 Å². The van der Waals surface area contributed by atoms with Crippen LogP contribution in [0.5, 0.6) is 0 Å². The van der Waals surface area contributed by atoms with Crippen molar-refractivity contribution in [1.29, 1.82) is 0 Å². The molecule has 31 heavy (non-hydrogen) atoms. The SMILES string of the molecule is CC(C)C[C@H](NC(=O)[C@H](CC(C)C)NC(=O)c1cc([N+](=O)[O-])cc([N+](=O)[O-])c1)C(N)=O. The van der Waals surface area contributed by atoms with Gasteiger partial charge in [-0.25, -0.2) is 0 Å². The minimum absolute atomic E-state index is 0.0346. The lowest BCUT2D eigenvalue weighted by atomic mass is 10.00. The van der Waals surface area contributed by atoms with E-state index < -0.39 is 51.0 Å². The fourth-order valence-corrected chi connectivity index (χ4v) is 2.87. The smallest absolute Gasteiger partial charge is 0.277 e. The lowest BCUT2D eigenvalue weighted by molar-refractivity contribution is -0.394. The van der Waals surface area contributed by atoms with Gasteiger partial charge in [-0.3, -0.25) is 34.6 Å². The lowest BCUT2D eigenvalue weighted by Gasteiger charge is -2.24. The average molecular weight is 437 g/mol. The normalized spacial score (nSPS) is 12.8. The molecule has 0 unspecified atom stereocenters. The third-order valence-corrected chi connectivity index (χ3v) is 4.28. The van der Waals surface area contributed by atoms with Gasteiger partial charge in [0.25, 0.3) is 17.3 Å². The molecule has 2 atom stereocenters. The number of nitro groups is 2. The number of nitrogens with zero attached hydrogens (tertiary/aromatic N) is 2. The summed E-state index contributed by atoms with van der Waals surface area (Å²) in [6.45, 7) is 7.32. The van der Waals surface area contributed by atoms with Crippen molar-refractivity contribution in [3.63, 3.8) is 0 Å². The van der Waals surface area contributed by atoms with Gasteiger partial charge < -0.3 is 16.4 Å². The molecular formula is C19H27N5O7. The summed E-state index contributed by atoms with van der Waals surface area (Å²) in [6, 6.07) is 0.492. The van der Waals surface area contributed by atoms with Crippen LogP contribution in [0, 0.1) is 32.1 Å². The zero-order chi connectivity index (χ0) is 23.9. The molecule has 0 heterocycles. The van der Waals surface area contributed by atoms with Crippen LogP contribution in [0.4, 0.5) is 11.4 Å². The van der Waals surface area contributed by atoms with Gasteiger partial charge >= 0.3 is 0 Å². The van der Waals surface area contributed by atoms with Crippen molar-refractivity contribution in [2.45, 2.75) is 52.6 Å². The van der Waals surface area contributed by atoms with Crippen LogP contribution in [0.1, 0.15) is 50.9 Å². The highest BCUT2D eigenvalue weighted by molar-refractivity contribution is 5.99. The molecule has 1 aromatic carbocycles. The Balaban J connectivity index is 3.15. The number of nitro benzene ring substituents is 2. The standard InChI is InChI=1S/C19H27N5O7/c1-10(2)5-15(17(20)25)21-19(27)16(6-11(3)4)22-18(26)12-7-13(23(28)29)9-14(8-12)24(30)31/h7-11,15-16H,5-6H2,1-4H3,(H2,20,25)(H,21,27)(H,22,26)/t15-,16-/m0/s1. The fraction of sp³-hybridized carbons (Fsp3) is 0.526. The van der Waals surface area contributed by atoms with Gasteiger partial charge in [-0.05, 0) is 24.7 Å². The maximum absolute atomic E-state index is 12.7. The lowest BCUT2D eigenvalue weighted by Crippen LogP contribution is -2.53. The molecule has 0 fully saturated rings. The predicted molar refractivity (Wildman–Crippen MR) is 111 cm³/mol. The van der Waals surface area contributed by atoms with E-state index in [1.807, 2.05) is 27.7 Å². The topological polar surface area (TPSA) is 188 Å². The molecule has 12 heteroatoms. The van der Waals surface area contributed by atoms with Crippen LogP contribution in [0.2, 0.25) is 0 Å². The van der Waals surface area contributed by atoms with Crippen LogP contribution in [0.3, 0.4) is 0 Å². The summed E-state index contributed by atoms with van der Waals surface area (Å²) < 4.78 is 0. The van der Waals surface area contributed by atoms with E-state index in [1.165, 1.54) is 0 Å². The summed E-state index contributed by atoms with van der Waals surface area (Å²) in [5, 5.41) is 27.1. The molecule has 3 amide bonds. The highest BCUT2D eigenvalue weighted by atomic mass is 16.6. The second kappa shape index (κ2) is 11.0. The van der Waals surface area contributed by atoms with Crippen molar-refractivity contribution in [3.8, 4) is 0 Å². The molecule has 0 bridgehead atoms. The van der Waals surface area contributed by atoms with Crippen molar-refractivity contribution >= 4 is 29.1 Å². The van der Waals surface area contributed by atoms with Gasteiger partial charge in [-0.2, -0.15) is 0 Å². The van der Waals surface area contributed by atoms with Crippen molar-refractivity contribution in [2.24, 2.45) is 17.6 Å². The number of nitrogens with two attached hydrogens (primary N) is 1. The molecule has 0 spiro atoms. The Bertz CT molecular complexity index is 837. The second-order valence-electron chi connectivity index (χ2n) is 8.00. The van der Waals surface area contributed by atoms with Crippen molar-refractivity contribution < 1.29 is 24.2 Å². The van der Waals surface area contributed by atoms with Gasteiger partial charge in [0.05, 0.1) is 21.5 Å². The van der Waals surface area contributed by atoms with Crippen LogP contribution in [-0.4, -0.2) is 39.7 Å². The van der Waals surface area contributed by atoms with Gasteiger partial charge in [-0.1, -0.05) is 27.7 Å². The molecule has 1 aromatic rings. The van der Waals surface area contributed by atoms with Crippen LogP contribution < -0.4 is 16.4 Å². The number of carbonyl (C=O) groups is 3. The van der Waals surface area contributed by atoms with Crippen molar-refractivity contribution in [3.05, 3.63) is 44.0 Å².